The van der Waals surface area contributed by atoms with Crippen LogP contribution in [0.5, 0.6) is 0 Å². The molecule has 0 unspecified atom stereocenters. The molecular formula is C14H18O2S. The van der Waals surface area contributed by atoms with Crippen molar-refractivity contribution in [3.05, 3.63) is 41.5 Å². The van der Waals surface area contributed by atoms with E-state index in [2.05, 4.69) is 38.6 Å². The van der Waals surface area contributed by atoms with Gasteiger partial charge >= 0.3 is 5.97 Å². The van der Waals surface area contributed by atoms with Gasteiger partial charge in [-0.05, 0) is 32.4 Å². The molecule has 0 bridgehead atoms. The fourth-order valence-corrected chi connectivity index (χ4v) is 2.21. The monoisotopic (exact) mass is 250 g/mol. The van der Waals surface area contributed by atoms with Gasteiger partial charge in [-0.15, -0.1) is 11.8 Å². The number of thioether (sulfide) groups is 1. The van der Waals surface area contributed by atoms with E-state index < -0.39 is 0 Å². The molecule has 0 aliphatic rings. The topological polar surface area (TPSA) is 26.3 Å². The molecule has 0 aromatic heterocycles. The van der Waals surface area contributed by atoms with E-state index in [1.165, 1.54) is 16.0 Å². The highest BCUT2D eigenvalue weighted by molar-refractivity contribution is 7.99. The average molecular weight is 250 g/mol. The maximum absolute atomic E-state index is 11.1. The van der Waals surface area contributed by atoms with Crippen LogP contribution in [0.1, 0.15) is 18.1 Å². The molecule has 0 radical (unpaired) electrons. The Kier molecular flexibility index (Phi) is 5.29. The summed E-state index contributed by atoms with van der Waals surface area (Å²) in [5, 5.41) is 0. The molecule has 3 heteroatoms. The zero-order chi connectivity index (χ0) is 12.8. The fraction of sp³-hybridized carbons (Fsp3) is 0.357. The minimum Gasteiger partial charge on any atom is -0.461 e. The lowest BCUT2D eigenvalue weighted by Crippen LogP contribution is -2.07. The second-order valence-electron chi connectivity index (χ2n) is 4.03. The van der Waals surface area contributed by atoms with Crippen LogP contribution in [-0.4, -0.2) is 18.3 Å². The van der Waals surface area contributed by atoms with Crippen LogP contribution in [0.2, 0.25) is 0 Å². The summed E-state index contributed by atoms with van der Waals surface area (Å²) in [6, 6.07) is 6.35. The van der Waals surface area contributed by atoms with E-state index in [-0.39, 0.29) is 5.97 Å². The maximum Gasteiger partial charge on any atom is 0.333 e. The summed E-state index contributed by atoms with van der Waals surface area (Å²) in [4.78, 5) is 12.4. The molecular weight excluding hydrogens is 232 g/mol. The number of hydrogen-bond donors (Lipinski definition) is 0. The summed E-state index contributed by atoms with van der Waals surface area (Å²) in [7, 11) is 0. The van der Waals surface area contributed by atoms with Crippen LogP contribution in [0.4, 0.5) is 0 Å². The van der Waals surface area contributed by atoms with Gasteiger partial charge in [0.05, 0.1) is 0 Å². The van der Waals surface area contributed by atoms with Crippen molar-refractivity contribution in [3.8, 4) is 0 Å². The number of aryl methyl sites for hydroxylation is 2. The molecule has 0 aliphatic carbocycles. The molecule has 0 amide bonds. The zero-order valence-corrected chi connectivity index (χ0v) is 11.4. The zero-order valence-electron chi connectivity index (χ0n) is 10.6. The SMILES string of the molecule is C=C(C)C(=O)OCCSc1ccc(C)cc1C. The Morgan fingerprint density at radius 1 is 1.41 bits per heavy atom. The first-order valence-electron chi connectivity index (χ1n) is 5.53. The van der Waals surface area contributed by atoms with Gasteiger partial charge in [0.25, 0.3) is 0 Å². The predicted molar refractivity (Wildman–Crippen MR) is 72.4 cm³/mol. The highest BCUT2D eigenvalue weighted by Gasteiger charge is 2.03. The Morgan fingerprint density at radius 2 is 2.12 bits per heavy atom. The predicted octanol–water partition coefficient (Wildman–Crippen LogP) is 3.51. The van der Waals surface area contributed by atoms with Gasteiger partial charge in [-0.1, -0.05) is 24.3 Å². The lowest BCUT2D eigenvalue weighted by atomic mass is 10.2. The van der Waals surface area contributed by atoms with Crippen molar-refractivity contribution in [1.29, 1.82) is 0 Å². The van der Waals surface area contributed by atoms with Gasteiger partial charge in [-0.2, -0.15) is 0 Å². The van der Waals surface area contributed by atoms with Crippen LogP contribution in [-0.2, 0) is 9.53 Å². The first-order chi connectivity index (χ1) is 8.00. The minimum atomic E-state index is -0.314. The lowest BCUT2D eigenvalue weighted by Gasteiger charge is -2.07. The molecule has 0 N–H and O–H groups in total. The van der Waals surface area contributed by atoms with Crippen molar-refractivity contribution in [2.75, 3.05) is 12.4 Å². The van der Waals surface area contributed by atoms with Gasteiger partial charge in [0.15, 0.2) is 0 Å². The fourth-order valence-electron chi connectivity index (χ4n) is 1.37. The van der Waals surface area contributed by atoms with Crippen LogP contribution in [0.25, 0.3) is 0 Å². The second-order valence-corrected chi connectivity index (χ2v) is 5.17. The van der Waals surface area contributed by atoms with Crippen LogP contribution >= 0.6 is 11.8 Å². The second kappa shape index (κ2) is 6.50. The van der Waals surface area contributed by atoms with Crippen molar-refractivity contribution in [3.63, 3.8) is 0 Å². The molecule has 0 spiro atoms. The standard InChI is InChI=1S/C14H18O2S/c1-10(2)14(15)16-7-8-17-13-6-5-11(3)9-12(13)4/h5-6,9H,1,7-8H2,2-4H3. The summed E-state index contributed by atoms with van der Waals surface area (Å²) in [5.41, 5.74) is 2.98. The average Bonchev–Trinajstić information content (AvgIpc) is 2.26. The first-order valence-corrected chi connectivity index (χ1v) is 6.52. The molecule has 1 aromatic carbocycles. The van der Waals surface area contributed by atoms with Crippen molar-refractivity contribution < 1.29 is 9.53 Å². The van der Waals surface area contributed by atoms with Crippen molar-refractivity contribution in [2.45, 2.75) is 25.7 Å². The lowest BCUT2D eigenvalue weighted by molar-refractivity contribution is -0.138. The third-order valence-electron chi connectivity index (χ3n) is 2.25. The van der Waals surface area contributed by atoms with E-state index in [4.69, 9.17) is 4.74 Å². The molecule has 92 valence electrons. The van der Waals surface area contributed by atoms with Gasteiger partial charge in [0.2, 0.25) is 0 Å². The number of esters is 1. The van der Waals surface area contributed by atoms with E-state index in [0.717, 1.165) is 5.75 Å². The van der Waals surface area contributed by atoms with Gasteiger partial charge in [-0.25, -0.2) is 4.79 Å². The Morgan fingerprint density at radius 3 is 2.71 bits per heavy atom. The molecule has 0 aliphatic heterocycles. The molecule has 0 atom stereocenters. The smallest absolute Gasteiger partial charge is 0.333 e. The largest absolute Gasteiger partial charge is 0.461 e. The number of carbonyl (C=O) groups is 1. The van der Waals surface area contributed by atoms with E-state index in [1.807, 2.05) is 0 Å². The van der Waals surface area contributed by atoms with E-state index in [0.29, 0.717) is 12.2 Å². The molecule has 2 nitrogen and oxygen atoms in total. The molecule has 1 aromatic rings. The Labute approximate surface area is 107 Å². The van der Waals surface area contributed by atoms with Crippen LogP contribution in [0.15, 0.2) is 35.2 Å². The van der Waals surface area contributed by atoms with Crippen molar-refractivity contribution in [2.24, 2.45) is 0 Å². The Hall–Kier alpha value is -1.22. The van der Waals surface area contributed by atoms with Crippen LogP contribution in [0, 0.1) is 13.8 Å². The molecule has 1 rings (SSSR count). The Balaban J connectivity index is 2.36. The number of carbonyl (C=O) groups excluding carboxylic acids is 1. The summed E-state index contributed by atoms with van der Waals surface area (Å²) in [5.74, 6) is 0.453. The molecule has 0 saturated carbocycles. The number of ether oxygens (including phenoxy) is 1. The van der Waals surface area contributed by atoms with Crippen molar-refractivity contribution >= 4 is 17.7 Å². The van der Waals surface area contributed by atoms with Crippen molar-refractivity contribution in [1.82, 2.24) is 0 Å². The molecule has 17 heavy (non-hydrogen) atoms. The highest BCUT2D eigenvalue weighted by atomic mass is 32.2. The third kappa shape index (κ3) is 4.65. The van der Waals surface area contributed by atoms with Gasteiger partial charge in [-0.3, -0.25) is 0 Å². The first kappa shape index (κ1) is 13.8. The number of rotatable bonds is 5. The van der Waals surface area contributed by atoms with E-state index in [9.17, 15) is 4.79 Å². The van der Waals surface area contributed by atoms with Gasteiger partial charge in [0.1, 0.15) is 6.61 Å². The number of benzene rings is 1. The van der Waals surface area contributed by atoms with Gasteiger partial charge < -0.3 is 4.74 Å². The van der Waals surface area contributed by atoms with E-state index in [1.54, 1.807) is 18.7 Å². The summed E-state index contributed by atoms with van der Waals surface area (Å²) >= 11 is 1.70. The molecule has 0 saturated heterocycles. The minimum absolute atomic E-state index is 0.314. The highest BCUT2D eigenvalue weighted by Crippen LogP contribution is 2.22. The maximum atomic E-state index is 11.1. The van der Waals surface area contributed by atoms with E-state index >= 15 is 0 Å². The quantitative estimate of drug-likeness (QED) is 0.346. The Bertz CT molecular complexity index is 424. The summed E-state index contributed by atoms with van der Waals surface area (Å²) in [6.45, 7) is 9.78. The summed E-state index contributed by atoms with van der Waals surface area (Å²) < 4.78 is 5.03. The number of hydrogen-bond acceptors (Lipinski definition) is 3. The van der Waals surface area contributed by atoms with Crippen LogP contribution < -0.4 is 0 Å². The normalized spacial score (nSPS) is 10.1. The summed E-state index contributed by atoms with van der Waals surface area (Å²) in [6.07, 6.45) is 0. The molecule has 0 heterocycles. The van der Waals surface area contributed by atoms with Gasteiger partial charge in [0, 0.05) is 16.2 Å². The molecule has 0 fully saturated rings. The third-order valence-corrected chi connectivity index (χ3v) is 3.39. The van der Waals surface area contributed by atoms with Crippen LogP contribution in [0.3, 0.4) is 0 Å².